The number of aryl methyl sites for hydroxylation is 4. The number of carbonyl (C=O) groups excluding carboxylic acids is 1. The monoisotopic (exact) mass is 312 g/mol. The molecule has 0 aliphatic rings. The number of nitrogens with zero attached hydrogens (tertiary/aromatic N) is 2. The Balaban J connectivity index is 2.36. The van der Waals surface area contributed by atoms with Gasteiger partial charge in [0, 0.05) is 13.0 Å². The zero-order valence-electron chi connectivity index (χ0n) is 14.1. The van der Waals surface area contributed by atoms with Crippen LogP contribution in [0.4, 0.5) is 11.6 Å². The highest BCUT2D eigenvalue weighted by molar-refractivity contribution is 6.00. The van der Waals surface area contributed by atoms with Crippen molar-refractivity contribution in [3.8, 4) is 0 Å². The van der Waals surface area contributed by atoms with Crippen molar-refractivity contribution in [1.29, 1.82) is 0 Å². The second kappa shape index (κ2) is 7.00. The Labute approximate surface area is 136 Å². The van der Waals surface area contributed by atoms with Gasteiger partial charge in [0.2, 0.25) is 0 Å². The number of rotatable bonds is 2. The van der Waals surface area contributed by atoms with Gasteiger partial charge in [0.25, 0.3) is 11.9 Å². The SMILES string of the molecule is CC(=O)NC(Nc1ccc(C)cc1C)=[NH+]c1nc(C)cc(C)n1. The molecule has 3 N–H and O–H groups in total. The van der Waals surface area contributed by atoms with E-state index in [1.165, 1.54) is 12.5 Å². The van der Waals surface area contributed by atoms with Crippen LogP contribution in [0.2, 0.25) is 0 Å². The third kappa shape index (κ3) is 4.88. The van der Waals surface area contributed by atoms with Crippen LogP contribution in [0.5, 0.6) is 0 Å². The van der Waals surface area contributed by atoms with Gasteiger partial charge >= 0.3 is 5.95 Å². The Morgan fingerprint density at radius 3 is 2.26 bits per heavy atom. The number of hydrogen-bond donors (Lipinski definition) is 3. The minimum atomic E-state index is -0.186. The summed E-state index contributed by atoms with van der Waals surface area (Å²) in [6.07, 6.45) is 0. The maximum Gasteiger partial charge on any atom is 0.354 e. The van der Waals surface area contributed by atoms with E-state index in [4.69, 9.17) is 0 Å². The van der Waals surface area contributed by atoms with Gasteiger partial charge in [-0.25, -0.2) is 10.3 Å². The van der Waals surface area contributed by atoms with Crippen molar-refractivity contribution in [3.63, 3.8) is 0 Å². The third-order valence-corrected chi connectivity index (χ3v) is 3.16. The van der Waals surface area contributed by atoms with Gasteiger partial charge in [0.15, 0.2) is 0 Å². The molecule has 0 spiro atoms. The molecular weight excluding hydrogens is 290 g/mol. The summed E-state index contributed by atoms with van der Waals surface area (Å²) in [7, 11) is 0. The number of aromatic nitrogens is 2. The van der Waals surface area contributed by atoms with Gasteiger partial charge in [-0.1, -0.05) is 17.7 Å². The fraction of sp³-hybridized carbons (Fsp3) is 0.294. The maximum absolute atomic E-state index is 11.5. The van der Waals surface area contributed by atoms with Gasteiger partial charge in [-0.2, -0.15) is 0 Å². The van der Waals surface area contributed by atoms with E-state index in [0.29, 0.717) is 11.9 Å². The zero-order chi connectivity index (χ0) is 17.0. The fourth-order valence-electron chi connectivity index (χ4n) is 2.25. The van der Waals surface area contributed by atoms with Crippen molar-refractivity contribution < 1.29 is 9.79 Å². The smallest absolute Gasteiger partial charge is 0.277 e. The Morgan fingerprint density at radius 1 is 1.04 bits per heavy atom. The molecule has 0 saturated carbocycles. The molecule has 0 aliphatic carbocycles. The summed E-state index contributed by atoms with van der Waals surface area (Å²) in [5, 5.41) is 5.92. The normalized spacial score (nSPS) is 11.3. The summed E-state index contributed by atoms with van der Waals surface area (Å²) < 4.78 is 0. The summed E-state index contributed by atoms with van der Waals surface area (Å²) in [6.45, 7) is 9.30. The van der Waals surface area contributed by atoms with Crippen molar-refractivity contribution >= 4 is 23.5 Å². The first-order valence-electron chi connectivity index (χ1n) is 7.41. The van der Waals surface area contributed by atoms with Crippen LogP contribution in [0.3, 0.4) is 0 Å². The summed E-state index contributed by atoms with van der Waals surface area (Å²) >= 11 is 0. The van der Waals surface area contributed by atoms with Gasteiger partial charge < -0.3 is 0 Å². The molecule has 6 heteroatoms. The van der Waals surface area contributed by atoms with E-state index in [-0.39, 0.29) is 5.91 Å². The lowest BCUT2D eigenvalue weighted by Crippen LogP contribution is -2.74. The van der Waals surface area contributed by atoms with Crippen molar-refractivity contribution in [2.24, 2.45) is 0 Å². The van der Waals surface area contributed by atoms with Gasteiger partial charge in [-0.3, -0.25) is 10.1 Å². The maximum atomic E-state index is 11.5. The molecule has 0 aliphatic heterocycles. The average Bonchev–Trinajstić information content (AvgIpc) is 2.40. The minimum absolute atomic E-state index is 0.186. The van der Waals surface area contributed by atoms with Crippen LogP contribution in [0.1, 0.15) is 29.4 Å². The number of carbonyl (C=O) groups is 1. The number of guanidine groups is 1. The van der Waals surface area contributed by atoms with Crippen LogP contribution in [0, 0.1) is 27.7 Å². The van der Waals surface area contributed by atoms with Crippen LogP contribution in [-0.4, -0.2) is 21.8 Å². The molecule has 0 saturated heterocycles. The largest absolute Gasteiger partial charge is 0.354 e. The summed E-state index contributed by atoms with van der Waals surface area (Å²) in [5.74, 6) is 0.673. The highest BCUT2D eigenvalue weighted by Gasteiger charge is 2.12. The van der Waals surface area contributed by atoms with Crippen LogP contribution in [0.15, 0.2) is 24.3 Å². The average molecular weight is 312 g/mol. The lowest BCUT2D eigenvalue weighted by molar-refractivity contribution is -0.366. The number of amides is 1. The van der Waals surface area contributed by atoms with E-state index < -0.39 is 0 Å². The Kier molecular flexibility index (Phi) is 5.05. The van der Waals surface area contributed by atoms with E-state index in [1.54, 1.807) is 0 Å². The molecule has 2 aromatic rings. The molecule has 2 rings (SSSR count). The summed E-state index contributed by atoms with van der Waals surface area (Å²) in [4.78, 5) is 23.1. The lowest BCUT2D eigenvalue weighted by Gasteiger charge is -2.09. The molecule has 6 nitrogen and oxygen atoms in total. The van der Waals surface area contributed by atoms with Gasteiger partial charge in [0.05, 0.1) is 17.1 Å². The Hall–Kier alpha value is -2.76. The molecule has 0 atom stereocenters. The zero-order valence-corrected chi connectivity index (χ0v) is 14.1. The van der Waals surface area contributed by atoms with Crippen LogP contribution >= 0.6 is 0 Å². The van der Waals surface area contributed by atoms with Gasteiger partial charge in [0.1, 0.15) is 0 Å². The second-order valence-corrected chi connectivity index (χ2v) is 5.60. The molecule has 1 aromatic heterocycles. The number of nitrogens with one attached hydrogen (secondary N) is 3. The lowest BCUT2D eigenvalue weighted by atomic mass is 10.1. The van der Waals surface area contributed by atoms with E-state index in [2.05, 4.69) is 31.7 Å². The molecule has 1 heterocycles. The van der Waals surface area contributed by atoms with Crippen LogP contribution in [0.25, 0.3) is 0 Å². The molecule has 0 fully saturated rings. The summed E-state index contributed by atoms with van der Waals surface area (Å²) in [6, 6.07) is 7.94. The molecule has 23 heavy (non-hydrogen) atoms. The molecule has 0 radical (unpaired) electrons. The highest BCUT2D eigenvalue weighted by Crippen LogP contribution is 2.15. The van der Waals surface area contributed by atoms with E-state index in [9.17, 15) is 4.79 Å². The summed E-state index contributed by atoms with van der Waals surface area (Å²) in [5.41, 5.74) is 4.87. The highest BCUT2D eigenvalue weighted by atomic mass is 16.1. The number of anilines is 1. The topological polar surface area (TPSA) is 80.9 Å². The van der Waals surface area contributed by atoms with Crippen molar-refractivity contribution in [2.75, 3.05) is 5.32 Å². The first-order chi connectivity index (χ1) is 10.8. The Morgan fingerprint density at radius 2 is 1.70 bits per heavy atom. The fourth-order valence-corrected chi connectivity index (χ4v) is 2.25. The number of benzene rings is 1. The minimum Gasteiger partial charge on any atom is -0.277 e. The predicted molar refractivity (Wildman–Crippen MR) is 90.5 cm³/mol. The van der Waals surface area contributed by atoms with Crippen molar-refractivity contribution in [2.45, 2.75) is 34.6 Å². The Bertz CT molecular complexity index is 747. The van der Waals surface area contributed by atoms with Gasteiger partial charge in [-0.15, -0.1) is 9.97 Å². The standard InChI is InChI=1S/C17H21N5O/c1-10-6-7-15(11(2)8-10)21-17(20-14(5)23)22-16-18-12(3)9-13(4)19-16/h6-9H,1-5H3,(H2,18,19,20,21,22,23)/p+1. The molecule has 1 amide bonds. The number of hydrogen-bond acceptors (Lipinski definition) is 3. The first kappa shape index (κ1) is 16.6. The molecule has 1 aromatic carbocycles. The van der Waals surface area contributed by atoms with Crippen LogP contribution in [-0.2, 0) is 4.79 Å². The van der Waals surface area contributed by atoms with E-state index in [0.717, 1.165) is 22.6 Å². The molecule has 120 valence electrons. The molecule has 0 unspecified atom stereocenters. The first-order valence-corrected chi connectivity index (χ1v) is 7.41. The van der Waals surface area contributed by atoms with E-state index in [1.807, 2.05) is 45.9 Å². The molecule has 0 bridgehead atoms. The van der Waals surface area contributed by atoms with Crippen LogP contribution < -0.4 is 15.6 Å². The predicted octanol–water partition coefficient (Wildman–Crippen LogP) is 1.03. The van der Waals surface area contributed by atoms with E-state index >= 15 is 0 Å². The van der Waals surface area contributed by atoms with Crippen molar-refractivity contribution in [1.82, 2.24) is 15.3 Å². The molecular formula is C17H22N5O+. The quantitative estimate of drug-likeness (QED) is 0.571. The third-order valence-electron chi connectivity index (χ3n) is 3.16. The van der Waals surface area contributed by atoms with Gasteiger partial charge in [-0.05, 0) is 39.3 Å². The second-order valence-electron chi connectivity index (χ2n) is 5.60. The van der Waals surface area contributed by atoms with Crippen molar-refractivity contribution in [3.05, 3.63) is 46.8 Å².